The zero-order valence-electron chi connectivity index (χ0n) is 12.0. The van der Waals surface area contributed by atoms with Gasteiger partial charge in [0.25, 0.3) is 0 Å². The number of hydrogen-bond donors (Lipinski definition) is 2. The van der Waals surface area contributed by atoms with Gasteiger partial charge in [-0.2, -0.15) is 5.10 Å². The third kappa shape index (κ3) is 2.72. The summed E-state index contributed by atoms with van der Waals surface area (Å²) in [6, 6.07) is 0.284. The summed E-state index contributed by atoms with van der Waals surface area (Å²) in [6.07, 6.45) is 4.61. The first kappa shape index (κ1) is 13.5. The predicted octanol–water partition coefficient (Wildman–Crippen LogP) is 1.74. The van der Waals surface area contributed by atoms with Crippen molar-refractivity contribution in [1.82, 2.24) is 19.3 Å². The lowest BCUT2D eigenvalue weighted by Crippen LogP contribution is -2.14. The van der Waals surface area contributed by atoms with E-state index in [1.807, 2.05) is 35.6 Å². The Balaban J connectivity index is 2.05. The van der Waals surface area contributed by atoms with Crippen molar-refractivity contribution in [1.29, 1.82) is 0 Å². The molecule has 2 aromatic heterocycles. The second-order valence-corrected chi connectivity index (χ2v) is 5.02. The van der Waals surface area contributed by atoms with Gasteiger partial charge in [0.2, 0.25) is 0 Å². The zero-order valence-corrected chi connectivity index (χ0v) is 12.0. The van der Waals surface area contributed by atoms with Gasteiger partial charge in [0, 0.05) is 38.4 Å². The molecule has 0 fully saturated rings. The molecule has 0 unspecified atom stereocenters. The van der Waals surface area contributed by atoms with Crippen molar-refractivity contribution in [3.05, 3.63) is 23.9 Å². The van der Waals surface area contributed by atoms with E-state index in [1.54, 1.807) is 0 Å². The number of aromatic nitrogens is 4. The van der Waals surface area contributed by atoms with Gasteiger partial charge < -0.3 is 15.6 Å². The van der Waals surface area contributed by atoms with Crippen LogP contribution in [-0.4, -0.2) is 25.9 Å². The molecule has 0 aliphatic heterocycles. The highest BCUT2D eigenvalue weighted by atomic mass is 15.4. The van der Waals surface area contributed by atoms with E-state index in [-0.39, 0.29) is 6.04 Å². The van der Waals surface area contributed by atoms with E-state index in [0.717, 1.165) is 36.0 Å². The van der Waals surface area contributed by atoms with Crippen molar-refractivity contribution in [2.75, 3.05) is 17.6 Å². The minimum absolute atomic E-state index is 0.284. The first-order valence-electron chi connectivity index (χ1n) is 6.55. The number of imidazole rings is 1. The average molecular weight is 262 g/mol. The van der Waals surface area contributed by atoms with Gasteiger partial charge in [0.15, 0.2) is 0 Å². The lowest BCUT2D eigenvalue weighted by atomic mass is 10.3. The molecule has 6 nitrogen and oxygen atoms in total. The number of anilines is 2. The number of nitrogens with two attached hydrogens (primary N) is 1. The molecule has 0 saturated heterocycles. The van der Waals surface area contributed by atoms with Crippen LogP contribution in [-0.2, 0) is 13.5 Å². The normalized spacial score (nSPS) is 11.2. The van der Waals surface area contributed by atoms with Crippen LogP contribution in [0.3, 0.4) is 0 Å². The van der Waals surface area contributed by atoms with Crippen molar-refractivity contribution in [2.45, 2.75) is 33.2 Å². The number of hydrogen-bond acceptors (Lipinski definition) is 4. The maximum atomic E-state index is 6.06. The fourth-order valence-corrected chi connectivity index (χ4v) is 2.04. The maximum absolute atomic E-state index is 6.06. The molecule has 104 valence electrons. The van der Waals surface area contributed by atoms with Gasteiger partial charge in [-0.3, -0.25) is 0 Å². The van der Waals surface area contributed by atoms with Crippen molar-refractivity contribution in [3.63, 3.8) is 0 Å². The van der Waals surface area contributed by atoms with Crippen molar-refractivity contribution in [2.24, 2.45) is 7.05 Å². The highest BCUT2D eigenvalue weighted by molar-refractivity contribution is 5.64. The van der Waals surface area contributed by atoms with Crippen LogP contribution in [0.5, 0.6) is 0 Å². The Labute approximate surface area is 113 Å². The van der Waals surface area contributed by atoms with Gasteiger partial charge in [-0.05, 0) is 20.8 Å². The molecule has 6 heteroatoms. The molecule has 0 spiro atoms. The maximum Gasteiger partial charge on any atom is 0.148 e. The summed E-state index contributed by atoms with van der Waals surface area (Å²) in [5, 5.41) is 7.82. The van der Waals surface area contributed by atoms with Crippen molar-refractivity contribution in [3.8, 4) is 0 Å². The monoisotopic (exact) mass is 262 g/mol. The van der Waals surface area contributed by atoms with E-state index >= 15 is 0 Å². The molecule has 0 aromatic carbocycles. The molecule has 2 aromatic rings. The average Bonchev–Trinajstić information content (AvgIpc) is 2.88. The lowest BCUT2D eigenvalue weighted by Gasteiger charge is -2.13. The van der Waals surface area contributed by atoms with E-state index in [9.17, 15) is 0 Å². The summed E-state index contributed by atoms with van der Waals surface area (Å²) in [7, 11) is 2.00. The highest BCUT2D eigenvalue weighted by Crippen LogP contribution is 2.25. The van der Waals surface area contributed by atoms with Crippen LogP contribution in [0.1, 0.15) is 31.4 Å². The summed E-state index contributed by atoms with van der Waals surface area (Å²) < 4.78 is 3.96. The lowest BCUT2D eigenvalue weighted by molar-refractivity contribution is 0.534. The Morgan fingerprint density at radius 2 is 2.16 bits per heavy atom. The molecule has 0 saturated carbocycles. The number of aryl methyl sites for hydroxylation is 2. The number of nitrogen functional groups attached to an aromatic ring is 1. The van der Waals surface area contributed by atoms with Crippen LogP contribution >= 0.6 is 0 Å². The Morgan fingerprint density at radius 1 is 1.42 bits per heavy atom. The third-order valence-corrected chi connectivity index (χ3v) is 3.18. The van der Waals surface area contributed by atoms with E-state index < -0.39 is 0 Å². The fourth-order valence-electron chi connectivity index (χ4n) is 2.04. The third-order valence-electron chi connectivity index (χ3n) is 3.18. The van der Waals surface area contributed by atoms with Crippen LogP contribution in [0, 0.1) is 6.92 Å². The van der Waals surface area contributed by atoms with Gasteiger partial charge in [-0.15, -0.1) is 0 Å². The smallest absolute Gasteiger partial charge is 0.148 e. The summed E-state index contributed by atoms with van der Waals surface area (Å²) in [6.45, 7) is 6.90. The van der Waals surface area contributed by atoms with E-state index in [1.165, 1.54) is 0 Å². The minimum atomic E-state index is 0.284. The summed E-state index contributed by atoms with van der Waals surface area (Å²) >= 11 is 0. The molecular weight excluding hydrogens is 240 g/mol. The molecule has 0 aliphatic rings. The number of nitrogens with zero attached hydrogens (tertiary/aromatic N) is 4. The van der Waals surface area contributed by atoms with E-state index in [0.29, 0.717) is 0 Å². The van der Waals surface area contributed by atoms with Crippen LogP contribution in [0.2, 0.25) is 0 Å². The number of nitrogens with one attached hydrogen (secondary N) is 1. The zero-order chi connectivity index (χ0) is 14.0. The molecule has 19 heavy (non-hydrogen) atoms. The SMILES string of the molecule is Cc1nn(C(C)C)c(NCCc2nccn2C)c1N. The van der Waals surface area contributed by atoms with Gasteiger partial charge >= 0.3 is 0 Å². The topological polar surface area (TPSA) is 73.7 Å². The van der Waals surface area contributed by atoms with Gasteiger partial charge in [-0.1, -0.05) is 0 Å². The first-order chi connectivity index (χ1) is 9.00. The molecule has 0 bridgehead atoms. The predicted molar refractivity (Wildman–Crippen MR) is 77.2 cm³/mol. The quantitative estimate of drug-likeness (QED) is 0.861. The van der Waals surface area contributed by atoms with Crippen LogP contribution < -0.4 is 11.1 Å². The van der Waals surface area contributed by atoms with Gasteiger partial charge in [-0.25, -0.2) is 9.67 Å². The molecule has 0 radical (unpaired) electrons. The Kier molecular flexibility index (Phi) is 3.78. The van der Waals surface area contributed by atoms with Crippen LogP contribution in [0.4, 0.5) is 11.5 Å². The highest BCUT2D eigenvalue weighted by Gasteiger charge is 2.14. The molecule has 0 aliphatic carbocycles. The molecule has 0 atom stereocenters. The summed E-state index contributed by atoms with van der Waals surface area (Å²) in [5.41, 5.74) is 7.66. The van der Waals surface area contributed by atoms with Crippen LogP contribution in [0.25, 0.3) is 0 Å². The molecular formula is C13H22N6. The second-order valence-electron chi connectivity index (χ2n) is 5.02. The van der Waals surface area contributed by atoms with Crippen molar-refractivity contribution >= 4 is 11.5 Å². The van der Waals surface area contributed by atoms with Crippen molar-refractivity contribution < 1.29 is 0 Å². The van der Waals surface area contributed by atoms with Crippen LogP contribution in [0.15, 0.2) is 12.4 Å². The summed E-state index contributed by atoms with van der Waals surface area (Å²) in [5.74, 6) is 1.96. The van der Waals surface area contributed by atoms with Gasteiger partial charge in [0.1, 0.15) is 11.6 Å². The summed E-state index contributed by atoms with van der Waals surface area (Å²) in [4.78, 5) is 4.30. The molecule has 2 heterocycles. The second kappa shape index (κ2) is 5.34. The molecule has 3 N–H and O–H groups in total. The Morgan fingerprint density at radius 3 is 2.74 bits per heavy atom. The molecule has 2 rings (SSSR count). The van der Waals surface area contributed by atoms with Gasteiger partial charge in [0.05, 0.1) is 11.4 Å². The Bertz CT molecular complexity index is 551. The largest absolute Gasteiger partial charge is 0.394 e. The van der Waals surface area contributed by atoms with E-state index in [2.05, 4.69) is 29.2 Å². The molecule has 0 amide bonds. The fraction of sp³-hybridized carbons (Fsp3) is 0.538. The first-order valence-corrected chi connectivity index (χ1v) is 6.55. The Hall–Kier alpha value is -1.98. The minimum Gasteiger partial charge on any atom is -0.394 e. The standard InChI is InChI=1S/C13H22N6/c1-9(2)19-13(12(14)10(3)17-19)16-6-5-11-15-7-8-18(11)4/h7-9,16H,5-6,14H2,1-4H3. The number of rotatable bonds is 5. The van der Waals surface area contributed by atoms with E-state index in [4.69, 9.17) is 5.73 Å².